The van der Waals surface area contributed by atoms with Gasteiger partial charge in [0.05, 0.1) is 11.1 Å². The van der Waals surface area contributed by atoms with Gasteiger partial charge in [-0.25, -0.2) is 0 Å². The van der Waals surface area contributed by atoms with E-state index in [2.05, 4.69) is 48.4 Å². The first-order valence-electron chi connectivity index (χ1n) is 10.6. The summed E-state index contributed by atoms with van der Waals surface area (Å²) in [6, 6.07) is 20.5. The third kappa shape index (κ3) is 4.47. The predicted molar refractivity (Wildman–Crippen MR) is 125 cm³/mol. The molecule has 1 aromatic heterocycles. The molecule has 1 N–H and O–H groups in total. The van der Waals surface area contributed by atoms with Crippen molar-refractivity contribution in [3.05, 3.63) is 95.2 Å². The molecule has 0 aliphatic rings. The van der Waals surface area contributed by atoms with E-state index in [9.17, 15) is 13.2 Å². The summed E-state index contributed by atoms with van der Waals surface area (Å²) in [7, 11) is 0. The summed E-state index contributed by atoms with van der Waals surface area (Å²) in [6.07, 6.45) is -2.93. The van der Waals surface area contributed by atoms with Crippen LogP contribution < -0.4 is 5.32 Å². The summed E-state index contributed by atoms with van der Waals surface area (Å²) in [5.41, 5.74) is 5.10. The summed E-state index contributed by atoms with van der Waals surface area (Å²) in [5.74, 6) is 0.491. The second kappa shape index (κ2) is 8.65. The average molecular weight is 435 g/mol. The van der Waals surface area contributed by atoms with Crippen molar-refractivity contribution in [3.63, 3.8) is 0 Å². The Hall–Kier alpha value is -3.34. The van der Waals surface area contributed by atoms with Gasteiger partial charge in [-0.3, -0.25) is 4.98 Å². The summed E-state index contributed by atoms with van der Waals surface area (Å²) in [5, 5.41) is 3.93. The number of hydrogen-bond acceptors (Lipinski definition) is 2. The molecule has 164 valence electrons. The van der Waals surface area contributed by atoms with Crippen LogP contribution in [0.25, 0.3) is 22.0 Å². The van der Waals surface area contributed by atoms with Crippen LogP contribution in [-0.2, 0) is 12.7 Å². The number of fused-ring (bicyclic) bond motifs is 1. The highest BCUT2D eigenvalue weighted by atomic mass is 19.4. The molecule has 0 aliphatic heterocycles. The van der Waals surface area contributed by atoms with E-state index in [4.69, 9.17) is 0 Å². The summed E-state index contributed by atoms with van der Waals surface area (Å²) < 4.78 is 40.5. The van der Waals surface area contributed by atoms with E-state index in [1.807, 2.05) is 31.2 Å². The minimum Gasteiger partial charge on any atom is -0.381 e. The van der Waals surface area contributed by atoms with E-state index in [-0.39, 0.29) is 5.52 Å². The van der Waals surface area contributed by atoms with E-state index < -0.39 is 11.7 Å². The van der Waals surface area contributed by atoms with Crippen molar-refractivity contribution in [2.75, 3.05) is 5.32 Å². The van der Waals surface area contributed by atoms with Crippen LogP contribution in [0.1, 0.15) is 42.0 Å². The molecule has 4 rings (SSSR count). The molecule has 32 heavy (non-hydrogen) atoms. The fourth-order valence-electron chi connectivity index (χ4n) is 3.94. The van der Waals surface area contributed by atoms with Gasteiger partial charge in [0.2, 0.25) is 0 Å². The summed E-state index contributed by atoms with van der Waals surface area (Å²) >= 11 is 0. The fraction of sp³-hybridized carbons (Fsp3) is 0.222. The van der Waals surface area contributed by atoms with E-state index in [1.165, 1.54) is 23.4 Å². The molecule has 2 nitrogen and oxygen atoms in total. The molecule has 0 radical (unpaired) electrons. The van der Waals surface area contributed by atoms with Crippen LogP contribution in [0.4, 0.5) is 18.9 Å². The van der Waals surface area contributed by atoms with Crippen LogP contribution in [0, 0.1) is 6.92 Å². The number of rotatable bonds is 5. The third-order valence-corrected chi connectivity index (χ3v) is 5.69. The highest BCUT2D eigenvalue weighted by Crippen LogP contribution is 2.38. The molecule has 1 heterocycles. The van der Waals surface area contributed by atoms with Crippen molar-refractivity contribution < 1.29 is 13.2 Å². The SMILES string of the molecule is Cc1cnc2c(C(F)(F)F)cccc2c1-c1cccc(NCc2ccc(C(C)C)cc2)c1. The molecule has 0 unspecified atom stereocenters. The van der Waals surface area contributed by atoms with E-state index >= 15 is 0 Å². The molecule has 0 fully saturated rings. The van der Waals surface area contributed by atoms with Crippen LogP contribution in [-0.4, -0.2) is 4.98 Å². The quantitative estimate of drug-likeness (QED) is 0.345. The molecule has 3 aromatic carbocycles. The van der Waals surface area contributed by atoms with Gasteiger partial charge in [-0.15, -0.1) is 0 Å². The van der Waals surface area contributed by atoms with Crippen LogP contribution in [0.15, 0.2) is 72.9 Å². The zero-order chi connectivity index (χ0) is 22.9. The average Bonchev–Trinajstić information content (AvgIpc) is 2.77. The number of alkyl halides is 3. The lowest BCUT2D eigenvalue weighted by molar-refractivity contribution is -0.136. The number of para-hydroxylation sites is 1. The molecular formula is C27H25F3N2. The Labute approximate surface area is 186 Å². The lowest BCUT2D eigenvalue weighted by Gasteiger charge is -2.15. The second-order valence-electron chi connectivity index (χ2n) is 8.35. The van der Waals surface area contributed by atoms with Crippen LogP contribution in [0.5, 0.6) is 0 Å². The number of halogens is 3. The lowest BCUT2D eigenvalue weighted by Crippen LogP contribution is -2.07. The van der Waals surface area contributed by atoms with Gasteiger partial charge in [0.1, 0.15) is 0 Å². The monoisotopic (exact) mass is 434 g/mol. The molecule has 0 saturated heterocycles. The van der Waals surface area contributed by atoms with E-state index in [1.54, 1.807) is 6.07 Å². The predicted octanol–water partition coefficient (Wildman–Crippen LogP) is 7.96. The largest absolute Gasteiger partial charge is 0.418 e. The van der Waals surface area contributed by atoms with Gasteiger partial charge in [-0.1, -0.05) is 62.4 Å². The normalized spacial score (nSPS) is 11.8. The lowest BCUT2D eigenvalue weighted by atomic mass is 9.95. The summed E-state index contributed by atoms with van der Waals surface area (Å²) in [4.78, 5) is 4.12. The number of aromatic nitrogens is 1. The Morgan fingerprint density at radius 1 is 0.938 bits per heavy atom. The number of anilines is 1. The van der Waals surface area contributed by atoms with Crippen molar-refractivity contribution in [2.24, 2.45) is 0 Å². The molecule has 0 saturated carbocycles. The fourth-order valence-corrected chi connectivity index (χ4v) is 3.94. The van der Waals surface area contributed by atoms with Gasteiger partial charge in [0.15, 0.2) is 0 Å². The third-order valence-electron chi connectivity index (χ3n) is 5.69. The molecule has 0 atom stereocenters. The Morgan fingerprint density at radius 2 is 1.66 bits per heavy atom. The summed E-state index contributed by atoms with van der Waals surface area (Å²) in [6.45, 7) is 6.87. The van der Waals surface area contributed by atoms with Crippen LogP contribution in [0.3, 0.4) is 0 Å². The number of nitrogens with zero attached hydrogens (tertiary/aromatic N) is 1. The van der Waals surface area contributed by atoms with Gasteiger partial charge >= 0.3 is 6.18 Å². The van der Waals surface area contributed by atoms with Crippen molar-refractivity contribution in [2.45, 2.75) is 39.4 Å². The molecule has 0 amide bonds. The maximum Gasteiger partial charge on any atom is 0.418 e. The Morgan fingerprint density at radius 3 is 2.34 bits per heavy atom. The van der Waals surface area contributed by atoms with E-state index in [0.29, 0.717) is 17.8 Å². The highest BCUT2D eigenvalue weighted by molar-refractivity contribution is 5.98. The smallest absolute Gasteiger partial charge is 0.381 e. The van der Waals surface area contributed by atoms with E-state index in [0.717, 1.165) is 28.4 Å². The minimum absolute atomic E-state index is 0.0239. The molecular weight excluding hydrogens is 409 g/mol. The Kier molecular flexibility index (Phi) is 5.92. The zero-order valence-electron chi connectivity index (χ0n) is 18.3. The first-order valence-corrected chi connectivity index (χ1v) is 10.6. The molecule has 4 aromatic rings. The van der Waals surface area contributed by atoms with Gasteiger partial charge in [0, 0.05) is 23.8 Å². The number of aryl methyl sites for hydroxylation is 1. The van der Waals surface area contributed by atoms with Crippen molar-refractivity contribution in [3.8, 4) is 11.1 Å². The maximum atomic E-state index is 13.5. The molecule has 0 spiro atoms. The van der Waals surface area contributed by atoms with Gasteiger partial charge in [-0.2, -0.15) is 13.2 Å². The van der Waals surface area contributed by atoms with Crippen molar-refractivity contribution >= 4 is 16.6 Å². The van der Waals surface area contributed by atoms with Crippen molar-refractivity contribution in [1.29, 1.82) is 0 Å². The Bertz CT molecular complexity index is 1240. The zero-order valence-corrected chi connectivity index (χ0v) is 18.3. The molecule has 5 heteroatoms. The van der Waals surface area contributed by atoms with Crippen LogP contribution >= 0.6 is 0 Å². The number of nitrogens with one attached hydrogen (secondary N) is 1. The standard InChI is InChI=1S/C27H25F3N2/c1-17(2)20-12-10-19(11-13-20)16-31-22-7-4-6-21(14-22)25-18(3)15-32-26-23(25)8-5-9-24(26)27(28,29)30/h4-15,17,31H,16H2,1-3H3. The Balaban J connectivity index is 1.67. The first-order chi connectivity index (χ1) is 15.2. The first kappa shape index (κ1) is 21.9. The highest BCUT2D eigenvalue weighted by Gasteiger charge is 2.33. The van der Waals surface area contributed by atoms with Crippen molar-refractivity contribution in [1.82, 2.24) is 4.98 Å². The second-order valence-corrected chi connectivity index (χ2v) is 8.35. The van der Waals surface area contributed by atoms with Crippen LogP contribution in [0.2, 0.25) is 0 Å². The van der Waals surface area contributed by atoms with Gasteiger partial charge in [-0.05, 0) is 58.9 Å². The topological polar surface area (TPSA) is 24.9 Å². The number of pyridine rings is 1. The number of benzene rings is 3. The van der Waals surface area contributed by atoms with Gasteiger partial charge in [0.25, 0.3) is 0 Å². The minimum atomic E-state index is -4.45. The maximum absolute atomic E-state index is 13.5. The van der Waals surface area contributed by atoms with Gasteiger partial charge < -0.3 is 5.32 Å². The number of hydrogen-bond donors (Lipinski definition) is 1. The molecule has 0 aliphatic carbocycles. The molecule has 0 bridgehead atoms.